The summed E-state index contributed by atoms with van der Waals surface area (Å²) in [6.45, 7) is 12.0. The van der Waals surface area contributed by atoms with E-state index in [0.717, 1.165) is 24.9 Å². The van der Waals surface area contributed by atoms with Gasteiger partial charge in [0, 0.05) is 5.54 Å². The molecular formula is C18H30FN. The number of benzene rings is 1. The molecular weight excluding hydrogens is 249 g/mol. The molecule has 0 spiro atoms. The van der Waals surface area contributed by atoms with Crippen LogP contribution in [0.2, 0.25) is 0 Å². The molecule has 2 heteroatoms. The van der Waals surface area contributed by atoms with E-state index in [1.807, 2.05) is 12.1 Å². The van der Waals surface area contributed by atoms with Crippen LogP contribution in [-0.4, -0.2) is 12.1 Å². The molecule has 0 aliphatic carbocycles. The molecule has 0 amide bonds. The van der Waals surface area contributed by atoms with Gasteiger partial charge in [0.25, 0.3) is 0 Å². The average Bonchev–Trinajstić information content (AvgIpc) is 2.37. The highest BCUT2D eigenvalue weighted by Gasteiger charge is 2.18. The van der Waals surface area contributed by atoms with E-state index in [2.05, 4.69) is 39.9 Å². The molecule has 0 aromatic heterocycles. The lowest BCUT2D eigenvalue weighted by molar-refractivity contribution is 0.318. The molecule has 0 aliphatic heterocycles. The van der Waals surface area contributed by atoms with Crippen molar-refractivity contribution in [1.82, 2.24) is 5.32 Å². The van der Waals surface area contributed by atoms with Gasteiger partial charge >= 0.3 is 0 Å². The maximum absolute atomic E-state index is 13.8. The first-order valence-corrected chi connectivity index (χ1v) is 7.80. The quantitative estimate of drug-likeness (QED) is 0.755. The van der Waals surface area contributed by atoms with Crippen LogP contribution in [0.1, 0.15) is 53.0 Å². The smallest absolute Gasteiger partial charge is 0.126 e. The minimum atomic E-state index is -0.0718. The zero-order valence-electron chi connectivity index (χ0n) is 13.7. The number of halogens is 1. The summed E-state index contributed by atoms with van der Waals surface area (Å²) in [6, 6.07) is 7.16. The van der Waals surface area contributed by atoms with Crippen molar-refractivity contribution < 1.29 is 4.39 Å². The Balaban J connectivity index is 2.69. The summed E-state index contributed by atoms with van der Waals surface area (Å²) in [7, 11) is 0. The standard InChI is InChI=1S/C18H30FN/c1-6-14(2)11-15(13-20-18(3,4)5)12-16-9-7-8-10-17(16)19/h7-10,14-15,20H,6,11-13H2,1-5H3. The van der Waals surface area contributed by atoms with Crippen molar-refractivity contribution in [3.63, 3.8) is 0 Å². The molecule has 0 saturated carbocycles. The van der Waals surface area contributed by atoms with Gasteiger partial charge in [-0.25, -0.2) is 4.39 Å². The van der Waals surface area contributed by atoms with E-state index >= 15 is 0 Å². The molecule has 0 fully saturated rings. The Kier molecular flexibility index (Phi) is 6.67. The van der Waals surface area contributed by atoms with Gasteiger partial charge in [0.15, 0.2) is 0 Å². The van der Waals surface area contributed by atoms with Crippen LogP contribution in [0.25, 0.3) is 0 Å². The van der Waals surface area contributed by atoms with Crippen molar-refractivity contribution in [2.24, 2.45) is 11.8 Å². The van der Waals surface area contributed by atoms with Crippen molar-refractivity contribution in [3.8, 4) is 0 Å². The van der Waals surface area contributed by atoms with E-state index < -0.39 is 0 Å². The zero-order chi connectivity index (χ0) is 15.2. The van der Waals surface area contributed by atoms with Crippen LogP contribution in [0.15, 0.2) is 24.3 Å². The molecule has 2 unspecified atom stereocenters. The minimum Gasteiger partial charge on any atom is -0.312 e. The lowest BCUT2D eigenvalue weighted by atomic mass is 9.88. The second-order valence-corrected chi connectivity index (χ2v) is 7.04. The molecule has 1 aromatic rings. The third-order valence-corrected chi connectivity index (χ3v) is 3.82. The van der Waals surface area contributed by atoms with Crippen LogP contribution < -0.4 is 5.32 Å². The van der Waals surface area contributed by atoms with Crippen LogP contribution in [0.3, 0.4) is 0 Å². The lowest BCUT2D eigenvalue weighted by Crippen LogP contribution is -2.40. The van der Waals surface area contributed by atoms with Crippen molar-refractivity contribution in [3.05, 3.63) is 35.6 Å². The Morgan fingerprint density at radius 1 is 1.20 bits per heavy atom. The highest BCUT2D eigenvalue weighted by atomic mass is 19.1. The maximum Gasteiger partial charge on any atom is 0.126 e. The Labute approximate surface area is 124 Å². The number of nitrogens with one attached hydrogen (secondary N) is 1. The summed E-state index contributed by atoms with van der Waals surface area (Å²) in [5, 5.41) is 3.57. The van der Waals surface area contributed by atoms with Crippen LogP contribution in [0.4, 0.5) is 4.39 Å². The second kappa shape index (κ2) is 7.78. The van der Waals surface area contributed by atoms with E-state index in [-0.39, 0.29) is 11.4 Å². The molecule has 0 radical (unpaired) electrons. The minimum absolute atomic E-state index is 0.0718. The highest BCUT2D eigenvalue weighted by Crippen LogP contribution is 2.21. The van der Waals surface area contributed by atoms with Gasteiger partial charge in [-0.1, -0.05) is 38.5 Å². The summed E-state index contributed by atoms with van der Waals surface area (Å²) in [5.74, 6) is 1.10. The van der Waals surface area contributed by atoms with Gasteiger partial charge in [-0.05, 0) is 63.6 Å². The second-order valence-electron chi connectivity index (χ2n) is 7.04. The van der Waals surface area contributed by atoms with E-state index in [4.69, 9.17) is 0 Å². The first kappa shape index (κ1) is 17.2. The normalized spacial score (nSPS) is 15.1. The summed E-state index contributed by atoms with van der Waals surface area (Å²) < 4.78 is 13.8. The third kappa shape index (κ3) is 6.51. The van der Waals surface area contributed by atoms with E-state index in [1.54, 1.807) is 12.1 Å². The first-order chi connectivity index (χ1) is 9.31. The number of hydrogen-bond donors (Lipinski definition) is 1. The van der Waals surface area contributed by atoms with Crippen LogP contribution >= 0.6 is 0 Å². The lowest BCUT2D eigenvalue weighted by Gasteiger charge is -2.27. The van der Waals surface area contributed by atoms with E-state index in [9.17, 15) is 4.39 Å². The topological polar surface area (TPSA) is 12.0 Å². The van der Waals surface area contributed by atoms with Gasteiger partial charge in [-0.2, -0.15) is 0 Å². The summed E-state index contributed by atoms with van der Waals surface area (Å²) in [6.07, 6.45) is 3.15. The molecule has 1 aromatic carbocycles. The van der Waals surface area contributed by atoms with Crippen LogP contribution in [-0.2, 0) is 6.42 Å². The fraction of sp³-hybridized carbons (Fsp3) is 0.667. The molecule has 1 nitrogen and oxygen atoms in total. The number of rotatable bonds is 7. The summed E-state index contributed by atoms with van der Waals surface area (Å²) in [4.78, 5) is 0. The van der Waals surface area contributed by atoms with Gasteiger partial charge < -0.3 is 5.32 Å². The maximum atomic E-state index is 13.8. The highest BCUT2D eigenvalue weighted by molar-refractivity contribution is 5.17. The fourth-order valence-corrected chi connectivity index (χ4v) is 2.40. The zero-order valence-corrected chi connectivity index (χ0v) is 13.7. The van der Waals surface area contributed by atoms with Crippen molar-refractivity contribution >= 4 is 0 Å². The molecule has 1 N–H and O–H groups in total. The molecule has 0 saturated heterocycles. The molecule has 0 heterocycles. The van der Waals surface area contributed by atoms with E-state index in [1.165, 1.54) is 6.42 Å². The molecule has 0 aliphatic rings. The Bertz CT molecular complexity index is 395. The SMILES string of the molecule is CCC(C)CC(CNC(C)(C)C)Cc1ccccc1F. The fourth-order valence-electron chi connectivity index (χ4n) is 2.40. The molecule has 2 atom stereocenters. The molecule has 114 valence electrons. The first-order valence-electron chi connectivity index (χ1n) is 7.80. The summed E-state index contributed by atoms with van der Waals surface area (Å²) in [5.41, 5.74) is 0.958. The predicted molar refractivity (Wildman–Crippen MR) is 85.4 cm³/mol. The predicted octanol–water partition coefficient (Wildman–Crippen LogP) is 4.81. The molecule has 1 rings (SSSR count). The molecule has 20 heavy (non-hydrogen) atoms. The monoisotopic (exact) mass is 279 g/mol. The van der Waals surface area contributed by atoms with Gasteiger partial charge in [0.2, 0.25) is 0 Å². The Hall–Kier alpha value is -0.890. The van der Waals surface area contributed by atoms with Gasteiger partial charge in [-0.3, -0.25) is 0 Å². The van der Waals surface area contributed by atoms with Crippen LogP contribution in [0.5, 0.6) is 0 Å². The van der Waals surface area contributed by atoms with Crippen LogP contribution in [0, 0.1) is 17.7 Å². The van der Waals surface area contributed by atoms with E-state index in [0.29, 0.717) is 11.8 Å². The average molecular weight is 279 g/mol. The number of hydrogen-bond acceptors (Lipinski definition) is 1. The van der Waals surface area contributed by atoms with Gasteiger partial charge in [0.1, 0.15) is 5.82 Å². The summed E-state index contributed by atoms with van der Waals surface area (Å²) >= 11 is 0. The largest absolute Gasteiger partial charge is 0.312 e. The van der Waals surface area contributed by atoms with Crippen molar-refractivity contribution in [2.45, 2.75) is 59.4 Å². The van der Waals surface area contributed by atoms with Crippen molar-refractivity contribution in [1.29, 1.82) is 0 Å². The Morgan fingerprint density at radius 3 is 2.40 bits per heavy atom. The van der Waals surface area contributed by atoms with Crippen molar-refractivity contribution in [2.75, 3.05) is 6.54 Å². The Morgan fingerprint density at radius 2 is 1.85 bits per heavy atom. The van der Waals surface area contributed by atoms with Gasteiger partial charge in [-0.15, -0.1) is 0 Å². The molecule has 0 bridgehead atoms. The van der Waals surface area contributed by atoms with Gasteiger partial charge in [0.05, 0.1) is 0 Å². The third-order valence-electron chi connectivity index (χ3n) is 3.82.